The van der Waals surface area contributed by atoms with Crippen LogP contribution in [-0.2, 0) is 6.54 Å². The van der Waals surface area contributed by atoms with Gasteiger partial charge in [-0.15, -0.1) is 0 Å². The Kier molecular flexibility index (Phi) is 3.35. The second-order valence-corrected chi connectivity index (χ2v) is 3.55. The molecule has 86 valence electrons. The number of rotatable bonds is 4. The molecule has 0 aliphatic rings. The minimum absolute atomic E-state index is 0.328. The number of aromatic carboxylic acids is 1. The normalized spacial score (nSPS) is 9.88. The Hall–Kier alpha value is -2.36. The molecule has 1 aromatic carbocycles. The molecular formula is C13H12N2O2. The van der Waals surface area contributed by atoms with Crippen LogP contribution in [0.25, 0.3) is 0 Å². The minimum atomic E-state index is -0.905. The van der Waals surface area contributed by atoms with Gasteiger partial charge in [-0.05, 0) is 23.8 Å². The van der Waals surface area contributed by atoms with Gasteiger partial charge in [-0.25, -0.2) is 4.79 Å². The van der Waals surface area contributed by atoms with E-state index >= 15 is 0 Å². The van der Waals surface area contributed by atoms with Crippen LogP contribution in [0.4, 0.5) is 5.69 Å². The van der Waals surface area contributed by atoms with Crippen molar-refractivity contribution in [2.24, 2.45) is 0 Å². The van der Waals surface area contributed by atoms with Gasteiger partial charge in [0.1, 0.15) is 0 Å². The van der Waals surface area contributed by atoms with Crippen molar-refractivity contribution in [3.8, 4) is 0 Å². The Morgan fingerprint density at radius 3 is 2.59 bits per heavy atom. The molecule has 0 amide bonds. The molecule has 0 radical (unpaired) electrons. The average molecular weight is 228 g/mol. The lowest BCUT2D eigenvalue weighted by Crippen LogP contribution is -2.06. The van der Waals surface area contributed by atoms with Crippen molar-refractivity contribution in [2.45, 2.75) is 6.54 Å². The van der Waals surface area contributed by atoms with Crippen molar-refractivity contribution in [1.29, 1.82) is 0 Å². The third kappa shape index (κ3) is 2.81. The van der Waals surface area contributed by atoms with E-state index in [-0.39, 0.29) is 0 Å². The molecular weight excluding hydrogens is 216 g/mol. The van der Waals surface area contributed by atoms with Crippen LogP contribution in [-0.4, -0.2) is 16.1 Å². The highest BCUT2D eigenvalue weighted by atomic mass is 16.4. The average Bonchev–Trinajstić information content (AvgIpc) is 2.38. The molecule has 0 aliphatic carbocycles. The highest BCUT2D eigenvalue weighted by Crippen LogP contribution is 2.12. The second-order valence-electron chi connectivity index (χ2n) is 3.55. The van der Waals surface area contributed by atoms with Crippen molar-refractivity contribution in [2.75, 3.05) is 5.32 Å². The zero-order valence-corrected chi connectivity index (χ0v) is 9.13. The SMILES string of the molecule is O=C(O)c1ccccc1CNc1ccncc1. The molecule has 0 fully saturated rings. The predicted molar refractivity (Wildman–Crippen MR) is 65.0 cm³/mol. The topological polar surface area (TPSA) is 62.2 Å². The van der Waals surface area contributed by atoms with E-state index in [1.165, 1.54) is 0 Å². The van der Waals surface area contributed by atoms with Gasteiger partial charge in [-0.1, -0.05) is 18.2 Å². The molecule has 1 aromatic heterocycles. The summed E-state index contributed by atoms with van der Waals surface area (Å²) in [5.74, 6) is -0.905. The van der Waals surface area contributed by atoms with Gasteiger partial charge < -0.3 is 10.4 Å². The number of aromatic nitrogens is 1. The zero-order chi connectivity index (χ0) is 12.1. The van der Waals surface area contributed by atoms with Crippen molar-refractivity contribution in [3.63, 3.8) is 0 Å². The number of hydrogen-bond donors (Lipinski definition) is 2. The number of nitrogens with one attached hydrogen (secondary N) is 1. The Balaban J connectivity index is 2.12. The highest BCUT2D eigenvalue weighted by Gasteiger charge is 2.07. The first-order chi connectivity index (χ1) is 8.27. The molecule has 0 atom stereocenters. The Labute approximate surface area is 98.9 Å². The fourth-order valence-corrected chi connectivity index (χ4v) is 1.55. The lowest BCUT2D eigenvalue weighted by Gasteiger charge is -2.08. The maximum atomic E-state index is 11.0. The van der Waals surface area contributed by atoms with Crippen LogP contribution in [0.5, 0.6) is 0 Å². The van der Waals surface area contributed by atoms with Gasteiger partial charge >= 0.3 is 5.97 Å². The number of carbonyl (C=O) groups is 1. The number of pyridine rings is 1. The quantitative estimate of drug-likeness (QED) is 0.843. The van der Waals surface area contributed by atoms with E-state index in [4.69, 9.17) is 5.11 Å². The maximum absolute atomic E-state index is 11.0. The summed E-state index contributed by atoms with van der Waals surface area (Å²) < 4.78 is 0. The smallest absolute Gasteiger partial charge is 0.336 e. The third-order valence-corrected chi connectivity index (χ3v) is 2.41. The molecule has 4 heteroatoms. The monoisotopic (exact) mass is 228 g/mol. The van der Waals surface area contributed by atoms with E-state index in [0.29, 0.717) is 12.1 Å². The van der Waals surface area contributed by atoms with E-state index in [2.05, 4.69) is 10.3 Å². The molecule has 0 bridgehead atoms. The Morgan fingerprint density at radius 1 is 1.18 bits per heavy atom. The van der Waals surface area contributed by atoms with Gasteiger partial charge in [0.05, 0.1) is 5.56 Å². The highest BCUT2D eigenvalue weighted by molar-refractivity contribution is 5.89. The van der Waals surface area contributed by atoms with Gasteiger partial charge in [0.25, 0.3) is 0 Å². The molecule has 0 saturated heterocycles. The number of benzene rings is 1. The lowest BCUT2D eigenvalue weighted by molar-refractivity contribution is 0.0696. The number of carboxylic acids is 1. The van der Waals surface area contributed by atoms with Gasteiger partial charge in [-0.2, -0.15) is 0 Å². The Morgan fingerprint density at radius 2 is 1.88 bits per heavy atom. The zero-order valence-electron chi connectivity index (χ0n) is 9.13. The van der Waals surface area contributed by atoms with Crippen LogP contribution in [0.1, 0.15) is 15.9 Å². The summed E-state index contributed by atoms with van der Waals surface area (Å²) in [5, 5.41) is 12.2. The molecule has 0 saturated carbocycles. The minimum Gasteiger partial charge on any atom is -0.478 e. The van der Waals surface area contributed by atoms with Gasteiger partial charge in [0.2, 0.25) is 0 Å². The first-order valence-corrected chi connectivity index (χ1v) is 5.22. The predicted octanol–water partition coefficient (Wildman–Crippen LogP) is 2.39. The molecule has 17 heavy (non-hydrogen) atoms. The summed E-state index contributed by atoms with van der Waals surface area (Å²) in [6.07, 6.45) is 3.37. The molecule has 0 spiro atoms. The molecule has 4 nitrogen and oxygen atoms in total. The molecule has 0 aliphatic heterocycles. The van der Waals surface area contributed by atoms with E-state index < -0.39 is 5.97 Å². The van der Waals surface area contributed by atoms with Crippen LogP contribution in [0.2, 0.25) is 0 Å². The third-order valence-electron chi connectivity index (χ3n) is 2.41. The number of carboxylic acid groups (broad SMARTS) is 1. The van der Waals surface area contributed by atoms with E-state index in [9.17, 15) is 4.79 Å². The molecule has 2 aromatic rings. The van der Waals surface area contributed by atoms with E-state index in [1.54, 1.807) is 30.6 Å². The fourth-order valence-electron chi connectivity index (χ4n) is 1.55. The first-order valence-electron chi connectivity index (χ1n) is 5.22. The van der Waals surface area contributed by atoms with Crippen molar-refractivity contribution < 1.29 is 9.90 Å². The van der Waals surface area contributed by atoms with Crippen LogP contribution in [0.15, 0.2) is 48.8 Å². The van der Waals surface area contributed by atoms with Crippen LogP contribution in [0.3, 0.4) is 0 Å². The summed E-state index contributed by atoms with van der Waals surface area (Å²) in [4.78, 5) is 14.9. The van der Waals surface area contributed by atoms with Crippen molar-refractivity contribution >= 4 is 11.7 Å². The summed E-state index contributed by atoms with van der Waals surface area (Å²) >= 11 is 0. The van der Waals surface area contributed by atoms with E-state index in [1.807, 2.05) is 18.2 Å². The molecule has 0 unspecified atom stereocenters. The number of nitrogens with zero attached hydrogens (tertiary/aromatic N) is 1. The van der Waals surface area contributed by atoms with Crippen molar-refractivity contribution in [1.82, 2.24) is 4.98 Å². The van der Waals surface area contributed by atoms with Gasteiger partial charge in [0.15, 0.2) is 0 Å². The largest absolute Gasteiger partial charge is 0.478 e. The van der Waals surface area contributed by atoms with Crippen LogP contribution in [0, 0.1) is 0 Å². The standard InChI is InChI=1S/C13H12N2O2/c16-13(17)12-4-2-1-3-10(12)9-15-11-5-7-14-8-6-11/h1-8H,9H2,(H,14,15)(H,16,17). The fraction of sp³-hybridized carbons (Fsp3) is 0.0769. The molecule has 1 heterocycles. The Bertz CT molecular complexity index is 512. The number of hydrogen-bond acceptors (Lipinski definition) is 3. The maximum Gasteiger partial charge on any atom is 0.336 e. The van der Waals surface area contributed by atoms with Crippen molar-refractivity contribution in [3.05, 3.63) is 59.9 Å². The van der Waals surface area contributed by atoms with Gasteiger partial charge in [0, 0.05) is 24.6 Å². The van der Waals surface area contributed by atoms with Crippen LogP contribution < -0.4 is 5.32 Å². The van der Waals surface area contributed by atoms with Crippen LogP contribution >= 0.6 is 0 Å². The molecule has 2 rings (SSSR count). The second kappa shape index (κ2) is 5.12. The molecule has 2 N–H and O–H groups in total. The van der Waals surface area contributed by atoms with Gasteiger partial charge in [-0.3, -0.25) is 4.98 Å². The lowest BCUT2D eigenvalue weighted by atomic mass is 10.1. The summed E-state index contributed by atoms with van der Waals surface area (Å²) in [6.45, 7) is 0.479. The number of anilines is 1. The summed E-state index contributed by atoms with van der Waals surface area (Å²) in [6, 6.07) is 10.6. The summed E-state index contributed by atoms with van der Waals surface area (Å²) in [5.41, 5.74) is 2.01. The first kappa shape index (κ1) is 11.1. The van der Waals surface area contributed by atoms with E-state index in [0.717, 1.165) is 11.3 Å². The summed E-state index contributed by atoms with van der Waals surface area (Å²) in [7, 11) is 0.